The van der Waals surface area contributed by atoms with Gasteiger partial charge in [-0.1, -0.05) is 50.9 Å². The highest BCUT2D eigenvalue weighted by molar-refractivity contribution is 6.38. The van der Waals surface area contributed by atoms with Crippen molar-refractivity contribution in [2.45, 2.75) is 51.3 Å². The molecule has 28 heavy (non-hydrogen) atoms. The quantitative estimate of drug-likeness (QED) is 0.605. The van der Waals surface area contributed by atoms with Crippen LogP contribution in [0.2, 0.25) is 0 Å². The van der Waals surface area contributed by atoms with E-state index in [4.69, 9.17) is 0 Å². The second-order valence-corrected chi connectivity index (χ2v) is 7.79. The molecule has 0 saturated carbocycles. The molecule has 1 atom stereocenters. The van der Waals surface area contributed by atoms with Crippen molar-refractivity contribution < 1.29 is 0 Å². The Morgan fingerprint density at radius 1 is 1.14 bits per heavy atom. The van der Waals surface area contributed by atoms with E-state index in [-0.39, 0.29) is 0 Å². The molecule has 0 radical (unpaired) electrons. The molecule has 0 saturated heterocycles. The van der Waals surface area contributed by atoms with Crippen molar-refractivity contribution in [1.82, 2.24) is 10.3 Å². The van der Waals surface area contributed by atoms with Crippen LogP contribution in [-0.2, 0) is 12.7 Å². The molecule has 1 N–H and O–H groups in total. The number of aromatic nitrogens is 1. The minimum atomic E-state index is 0.506. The molecule has 1 aromatic heterocycles. The van der Waals surface area contributed by atoms with Crippen LogP contribution in [0.3, 0.4) is 0 Å². The molecule has 3 rings (SSSR count). The van der Waals surface area contributed by atoms with Crippen LogP contribution in [0.4, 0.5) is 0 Å². The molecule has 2 aromatic rings. The molecule has 0 bridgehead atoms. The van der Waals surface area contributed by atoms with E-state index in [9.17, 15) is 0 Å². The second-order valence-electron chi connectivity index (χ2n) is 7.79. The fraction of sp³-hybridized carbons (Fsp3) is 0.320. The maximum Gasteiger partial charge on any atom is 0.153 e. The summed E-state index contributed by atoms with van der Waals surface area (Å²) in [5.74, 6) is 0.506. The Balaban J connectivity index is 1.58. The monoisotopic (exact) mass is 370 g/mol. The van der Waals surface area contributed by atoms with Crippen molar-refractivity contribution in [2.24, 2.45) is 0 Å². The molecule has 1 aliphatic rings. The smallest absolute Gasteiger partial charge is 0.153 e. The van der Waals surface area contributed by atoms with Crippen molar-refractivity contribution in [2.75, 3.05) is 0 Å². The first kappa shape index (κ1) is 20.2. The van der Waals surface area contributed by atoms with Gasteiger partial charge in [0, 0.05) is 24.0 Å². The molecule has 3 heteroatoms. The van der Waals surface area contributed by atoms with Gasteiger partial charge in [0.25, 0.3) is 0 Å². The number of hydrogen-bond donors (Lipinski definition) is 1. The van der Waals surface area contributed by atoms with Crippen LogP contribution in [0.5, 0.6) is 0 Å². The van der Waals surface area contributed by atoms with Crippen molar-refractivity contribution in [3.63, 3.8) is 0 Å². The predicted molar refractivity (Wildman–Crippen MR) is 124 cm³/mol. The lowest BCUT2D eigenvalue weighted by Crippen LogP contribution is -2.40. The van der Waals surface area contributed by atoms with Gasteiger partial charge >= 0.3 is 0 Å². The third-order valence-electron chi connectivity index (χ3n) is 5.72. The number of nitrogens with zero attached hydrogens (tertiary/aromatic N) is 1. The summed E-state index contributed by atoms with van der Waals surface area (Å²) in [6.45, 7) is 14.9. The van der Waals surface area contributed by atoms with Gasteiger partial charge in [-0.05, 0) is 77.9 Å². The molecule has 2 nitrogen and oxygen atoms in total. The van der Waals surface area contributed by atoms with Crippen LogP contribution in [0.1, 0.15) is 54.9 Å². The number of allylic oxidation sites excluding steroid dienone is 3. The van der Waals surface area contributed by atoms with Crippen LogP contribution in [0.25, 0.3) is 11.1 Å². The van der Waals surface area contributed by atoms with Gasteiger partial charge in [-0.15, -0.1) is 0 Å². The summed E-state index contributed by atoms with van der Waals surface area (Å²) in [6.07, 6.45) is 9.92. The Kier molecular flexibility index (Phi) is 6.92. The lowest BCUT2D eigenvalue weighted by atomic mass is 9.57. The summed E-state index contributed by atoms with van der Waals surface area (Å²) in [6, 6.07) is 10.8. The second kappa shape index (κ2) is 9.59. The zero-order valence-electron chi connectivity index (χ0n) is 17.1. The largest absolute Gasteiger partial charge is 0.393 e. The zero-order valence-corrected chi connectivity index (χ0v) is 17.1. The van der Waals surface area contributed by atoms with Gasteiger partial charge in [0.05, 0.1) is 0 Å². The van der Waals surface area contributed by atoms with Gasteiger partial charge in [0.1, 0.15) is 0 Å². The minimum Gasteiger partial charge on any atom is -0.393 e. The van der Waals surface area contributed by atoms with E-state index in [1.165, 1.54) is 22.3 Å². The molecule has 2 heterocycles. The number of rotatable bonds is 9. The topological polar surface area (TPSA) is 24.9 Å². The highest BCUT2D eigenvalue weighted by Gasteiger charge is 2.22. The number of hydrogen-bond acceptors (Lipinski definition) is 2. The summed E-state index contributed by atoms with van der Waals surface area (Å²) >= 11 is 0. The fourth-order valence-electron chi connectivity index (χ4n) is 4.02. The molecule has 144 valence electrons. The number of nitrogens with one attached hydrogen (secondary N) is 1. The van der Waals surface area contributed by atoms with E-state index >= 15 is 0 Å². The van der Waals surface area contributed by atoms with Crippen molar-refractivity contribution in [3.8, 4) is 0 Å². The molecule has 0 spiro atoms. The summed E-state index contributed by atoms with van der Waals surface area (Å²) in [5, 5.41) is 3.59. The van der Waals surface area contributed by atoms with Crippen LogP contribution in [0.15, 0.2) is 68.2 Å². The van der Waals surface area contributed by atoms with Crippen LogP contribution < -0.4 is 5.32 Å². The third-order valence-corrected chi connectivity index (χ3v) is 5.72. The van der Waals surface area contributed by atoms with Crippen LogP contribution >= 0.6 is 0 Å². The molecule has 0 amide bonds. The van der Waals surface area contributed by atoms with Gasteiger partial charge in [-0.25, -0.2) is 0 Å². The van der Waals surface area contributed by atoms with E-state index in [0.717, 1.165) is 62.5 Å². The summed E-state index contributed by atoms with van der Waals surface area (Å²) in [5.41, 5.74) is 9.00. The van der Waals surface area contributed by atoms with E-state index < -0.39 is 0 Å². The highest BCUT2D eigenvalue weighted by Crippen LogP contribution is 2.30. The standard InChI is InChI=1S/C25H31BN2/c1-5-20(4)28-25-15-21-11-7-13-23(24(21)16-26-25)19(3)10-6-9-18(2)22-12-8-14-27-17-22/h7-8,11-14,17,25-26,28H,2-6,9-10,15-16H2,1H3. The van der Waals surface area contributed by atoms with Gasteiger partial charge in [-0.2, -0.15) is 0 Å². The van der Waals surface area contributed by atoms with Gasteiger partial charge in [-0.3, -0.25) is 4.98 Å². The summed E-state index contributed by atoms with van der Waals surface area (Å²) in [7, 11) is 1.16. The van der Waals surface area contributed by atoms with E-state index in [2.05, 4.69) is 61.2 Å². The first-order chi connectivity index (χ1) is 13.6. The van der Waals surface area contributed by atoms with E-state index in [0.29, 0.717) is 5.94 Å². The van der Waals surface area contributed by atoms with Gasteiger partial charge in [0.2, 0.25) is 0 Å². The van der Waals surface area contributed by atoms with E-state index in [1.807, 2.05) is 12.3 Å². The Morgan fingerprint density at radius 2 is 1.96 bits per heavy atom. The molecule has 0 aliphatic carbocycles. The van der Waals surface area contributed by atoms with Crippen molar-refractivity contribution in [1.29, 1.82) is 0 Å². The first-order valence-corrected chi connectivity index (χ1v) is 10.4. The van der Waals surface area contributed by atoms with Crippen molar-refractivity contribution in [3.05, 3.63) is 90.4 Å². The SMILES string of the molecule is C=C(CC)NC1BCc2c(cccc2C(=C)CCCC(=C)c2cccnc2)C1. The number of benzene rings is 1. The Labute approximate surface area is 170 Å². The fourth-order valence-corrected chi connectivity index (χ4v) is 4.02. The maximum absolute atomic E-state index is 4.41. The number of fused-ring (bicyclic) bond motifs is 1. The summed E-state index contributed by atoms with van der Waals surface area (Å²) < 4.78 is 0. The molecular formula is C25H31BN2. The minimum absolute atomic E-state index is 0.506. The van der Waals surface area contributed by atoms with Crippen molar-refractivity contribution >= 4 is 18.4 Å². The average Bonchev–Trinajstić information content (AvgIpc) is 2.73. The molecule has 0 fully saturated rings. The predicted octanol–water partition coefficient (Wildman–Crippen LogP) is 5.31. The Morgan fingerprint density at radius 3 is 2.71 bits per heavy atom. The van der Waals surface area contributed by atoms with Gasteiger partial charge in [0.15, 0.2) is 7.28 Å². The first-order valence-electron chi connectivity index (χ1n) is 10.4. The average molecular weight is 370 g/mol. The van der Waals surface area contributed by atoms with Crippen LogP contribution in [0, 0.1) is 0 Å². The lowest BCUT2D eigenvalue weighted by Gasteiger charge is -2.28. The Bertz CT molecular complexity index is 854. The molecule has 1 aliphatic heterocycles. The molecule has 1 unspecified atom stereocenters. The Hall–Kier alpha value is -2.55. The van der Waals surface area contributed by atoms with Crippen LogP contribution in [-0.4, -0.2) is 18.2 Å². The zero-order chi connectivity index (χ0) is 19.9. The van der Waals surface area contributed by atoms with Gasteiger partial charge < -0.3 is 5.32 Å². The molecular weight excluding hydrogens is 339 g/mol. The lowest BCUT2D eigenvalue weighted by molar-refractivity contribution is 0.681. The summed E-state index contributed by atoms with van der Waals surface area (Å²) in [4.78, 5) is 4.19. The number of pyridine rings is 1. The normalized spacial score (nSPS) is 15.2. The van der Waals surface area contributed by atoms with E-state index in [1.54, 1.807) is 6.20 Å². The third kappa shape index (κ3) is 5.04. The molecule has 1 aromatic carbocycles. The maximum atomic E-state index is 4.41. The highest BCUT2D eigenvalue weighted by atomic mass is 14.9.